The second-order valence-corrected chi connectivity index (χ2v) is 5.55. The van der Waals surface area contributed by atoms with Crippen LogP contribution < -0.4 is 15.0 Å². The van der Waals surface area contributed by atoms with Crippen LogP contribution in [0.3, 0.4) is 0 Å². The summed E-state index contributed by atoms with van der Waals surface area (Å²) in [6.07, 6.45) is 0. The van der Waals surface area contributed by atoms with Crippen LogP contribution in [0.1, 0.15) is 10.4 Å². The molecule has 1 aromatic heterocycles. The highest BCUT2D eigenvalue weighted by atomic mass is 32.1. The Morgan fingerprint density at radius 2 is 1.77 bits per heavy atom. The first kappa shape index (κ1) is 14.3. The minimum absolute atomic E-state index is 0.305. The molecular weight excluding hydrogens is 302 g/mol. The lowest BCUT2D eigenvalue weighted by atomic mass is 10.2. The predicted octanol–water partition coefficient (Wildman–Crippen LogP) is 2.77. The lowest BCUT2D eigenvalue weighted by Crippen LogP contribution is -2.21. The van der Waals surface area contributed by atoms with Gasteiger partial charge in [0.15, 0.2) is 11.5 Å². The first-order valence-corrected chi connectivity index (χ1v) is 7.31. The standard InChI is InChI=1S/C16H13NO4S/c1-20-12-8-7-10(9-13(12)21-2)15(18)17-16(19)11-5-3-4-6-14(11)22-17/h3-9H,1-2H3. The molecule has 5 nitrogen and oxygen atoms in total. The molecule has 0 bridgehead atoms. The van der Waals surface area contributed by atoms with Crippen molar-refractivity contribution in [1.82, 2.24) is 3.96 Å². The molecule has 0 aliphatic carbocycles. The Balaban J connectivity index is 2.10. The maximum absolute atomic E-state index is 12.6. The van der Waals surface area contributed by atoms with Crippen molar-refractivity contribution >= 4 is 27.5 Å². The van der Waals surface area contributed by atoms with Gasteiger partial charge in [0.25, 0.3) is 11.5 Å². The van der Waals surface area contributed by atoms with Gasteiger partial charge in [-0.2, -0.15) is 3.96 Å². The molecule has 22 heavy (non-hydrogen) atoms. The molecule has 0 amide bonds. The molecule has 3 rings (SSSR count). The fourth-order valence-corrected chi connectivity index (χ4v) is 3.15. The third kappa shape index (κ3) is 2.27. The van der Waals surface area contributed by atoms with Crippen LogP contribution in [0, 0.1) is 0 Å². The van der Waals surface area contributed by atoms with Crippen molar-refractivity contribution in [3.63, 3.8) is 0 Å². The Labute approximate surface area is 130 Å². The lowest BCUT2D eigenvalue weighted by Gasteiger charge is -2.08. The average Bonchev–Trinajstić information content (AvgIpc) is 2.91. The normalized spacial score (nSPS) is 10.6. The van der Waals surface area contributed by atoms with E-state index in [0.29, 0.717) is 22.4 Å². The van der Waals surface area contributed by atoms with Gasteiger partial charge >= 0.3 is 0 Å². The van der Waals surface area contributed by atoms with Gasteiger partial charge in [0.1, 0.15) is 0 Å². The van der Waals surface area contributed by atoms with Gasteiger partial charge in [-0.05, 0) is 41.9 Å². The molecule has 0 aliphatic heterocycles. The molecule has 6 heteroatoms. The smallest absolute Gasteiger partial charge is 0.275 e. The number of nitrogens with zero attached hydrogens (tertiary/aromatic N) is 1. The number of benzene rings is 2. The van der Waals surface area contributed by atoms with Crippen molar-refractivity contribution in [3.05, 3.63) is 58.4 Å². The fourth-order valence-electron chi connectivity index (χ4n) is 2.19. The zero-order valence-electron chi connectivity index (χ0n) is 12.0. The third-order valence-electron chi connectivity index (χ3n) is 3.31. The van der Waals surface area contributed by atoms with Crippen LogP contribution in [0.5, 0.6) is 11.5 Å². The predicted molar refractivity (Wildman–Crippen MR) is 85.4 cm³/mol. The highest BCUT2D eigenvalue weighted by Gasteiger charge is 2.17. The molecule has 0 saturated heterocycles. The number of hydrogen-bond donors (Lipinski definition) is 0. The molecular formula is C16H13NO4S. The monoisotopic (exact) mass is 315 g/mol. The maximum atomic E-state index is 12.6. The van der Waals surface area contributed by atoms with E-state index in [9.17, 15) is 9.59 Å². The number of carbonyl (C=O) groups excluding carboxylic acids is 1. The third-order valence-corrected chi connectivity index (χ3v) is 4.37. The Hall–Kier alpha value is -2.60. The van der Waals surface area contributed by atoms with Crippen molar-refractivity contribution in [1.29, 1.82) is 0 Å². The minimum atomic E-state index is -0.382. The van der Waals surface area contributed by atoms with Gasteiger partial charge in [-0.3, -0.25) is 9.59 Å². The fraction of sp³-hybridized carbons (Fsp3) is 0.125. The molecule has 0 atom stereocenters. The average molecular weight is 315 g/mol. The SMILES string of the molecule is COc1ccc(C(=O)n2sc3ccccc3c2=O)cc1OC. The zero-order chi connectivity index (χ0) is 15.7. The number of aromatic nitrogens is 1. The van der Waals surface area contributed by atoms with Crippen molar-refractivity contribution in [2.45, 2.75) is 0 Å². The maximum Gasteiger partial charge on any atom is 0.275 e. The van der Waals surface area contributed by atoms with Crippen LogP contribution in [-0.2, 0) is 0 Å². The zero-order valence-corrected chi connectivity index (χ0v) is 12.8. The Kier molecular flexibility index (Phi) is 3.68. The number of hydrogen-bond acceptors (Lipinski definition) is 5. The molecule has 0 fully saturated rings. The van der Waals surface area contributed by atoms with Gasteiger partial charge in [0, 0.05) is 5.56 Å². The van der Waals surface area contributed by atoms with E-state index >= 15 is 0 Å². The second kappa shape index (κ2) is 5.65. The van der Waals surface area contributed by atoms with Gasteiger partial charge in [-0.1, -0.05) is 12.1 Å². The summed E-state index contributed by atoms with van der Waals surface area (Å²) in [6.45, 7) is 0. The van der Waals surface area contributed by atoms with E-state index in [0.717, 1.165) is 20.2 Å². The first-order chi connectivity index (χ1) is 10.7. The van der Waals surface area contributed by atoms with Crippen LogP contribution in [-0.4, -0.2) is 24.1 Å². The summed E-state index contributed by atoms with van der Waals surface area (Å²) in [6, 6.07) is 12.0. The summed E-state index contributed by atoms with van der Waals surface area (Å²) in [7, 11) is 3.02. The summed E-state index contributed by atoms with van der Waals surface area (Å²) in [4.78, 5) is 24.9. The summed E-state index contributed by atoms with van der Waals surface area (Å²) in [5, 5.41) is 0.543. The molecule has 0 spiro atoms. The minimum Gasteiger partial charge on any atom is -0.493 e. The highest BCUT2D eigenvalue weighted by molar-refractivity contribution is 7.14. The molecule has 0 unspecified atom stereocenters. The first-order valence-electron chi connectivity index (χ1n) is 6.53. The Bertz CT molecular complexity index is 910. The van der Waals surface area contributed by atoms with E-state index in [2.05, 4.69) is 0 Å². The van der Waals surface area contributed by atoms with Crippen molar-refractivity contribution in [3.8, 4) is 11.5 Å². The number of fused-ring (bicyclic) bond motifs is 1. The lowest BCUT2D eigenvalue weighted by molar-refractivity contribution is 0.0968. The van der Waals surface area contributed by atoms with E-state index in [4.69, 9.17) is 9.47 Å². The van der Waals surface area contributed by atoms with Crippen molar-refractivity contribution in [2.75, 3.05) is 14.2 Å². The largest absolute Gasteiger partial charge is 0.493 e. The van der Waals surface area contributed by atoms with Gasteiger partial charge in [0.05, 0.1) is 24.3 Å². The second-order valence-electron chi connectivity index (χ2n) is 4.56. The van der Waals surface area contributed by atoms with Crippen molar-refractivity contribution < 1.29 is 14.3 Å². The molecule has 0 saturated carbocycles. The number of methoxy groups -OCH3 is 2. The number of rotatable bonds is 3. The van der Waals surface area contributed by atoms with Crippen molar-refractivity contribution in [2.24, 2.45) is 0 Å². The van der Waals surface area contributed by atoms with Gasteiger partial charge in [0.2, 0.25) is 0 Å². The quantitative estimate of drug-likeness (QED) is 0.746. The van der Waals surface area contributed by atoms with Crippen LogP contribution in [0.2, 0.25) is 0 Å². The summed E-state index contributed by atoms with van der Waals surface area (Å²) in [5.74, 6) is 0.595. The van der Waals surface area contributed by atoms with E-state index < -0.39 is 0 Å². The van der Waals surface area contributed by atoms with Crippen LogP contribution in [0.25, 0.3) is 10.1 Å². The summed E-state index contributed by atoms with van der Waals surface area (Å²) in [5.41, 5.74) is 0.0618. The van der Waals surface area contributed by atoms with Gasteiger partial charge in [-0.25, -0.2) is 0 Å². The molecule has 3 aromatic rings. The Morgan fingerprint density at radius 3 is 2.45 bits per heavy atom. The summed E-state index contributed by atoms with van der Waals surface area (Å²) >= 11 is 1.13. The van der Waals surface area contributed by atoms with Gasteiger partial charge in [-0.15, -0.1) is 0 Å². The van der Waals surface area contributed by atoms with E-state index in [1.807, 2.05) is 12.1 Å². The molecule has 0 radical (unpaired) electrons. The molecule has 0 N–H and O–H groups in total. The molecule has 2 aromatic carbocycles. The molecule has 1 heterocycles. The van der Waals surface area contributed by atoms with Crippen LogP contribution >= 0.6 is 11.5 Å². The van der Waals surface area contributed by atoms with Crippen LogP contribution in [0.4, 0.5) is 0 Å². The molecule has 0 aliphatic rings. The number of ether oxygens (including phenoxy) is 2. The van der Waals surface area contributed by atoms with Gasteiger partial charge < -0.3 is 9.47 Å². The Morgan fingerprint density at radius 1 is 1.05 bits per heavy atom. The summed E-state index contributed by atoms with van der Waals surface area (Å²) < 4.78 is 12.3. The highest BCUT2D eigenvalue weighted by Crippen LogP contribution is 2.28. The van der Waals surface area contributed by atoms with E-state index in [1.165, 1.54) is 14.2 Å². The van der Waals surface area contributed by atoms with E-state index in [-0.39, 0.29) is 11.5 Å². The van der Waals surface area contributed by atoms with E-state index in [1.54, 1.807) is 30.3 Å². The molecule has 112 valence electrons. The van der Waals surface area contributed by atoms with Crippen LogP contribution in [0.15, 0.2) is 47.3 Å². The topological polar surface area (TPSA) is 57.5 Å². The number of carbonyl (C=O) groups is 1.